The maximum atomic E-state index is 13.5. The van der Waals surface area contributed by atoms with Gasteiger partial charge in [0.2, 0.25) is 0 Å². The van der Waals surface area contributed by atoms with E-state index >= 15 is 0 Å². The Morgan fingerprint density at radius 2 is 1.86 bits per heavy atom. The maximum Gasteiger partial charge on any atom is 0.415 e. The number of hydrogen-bond donors (Lipinski definition) is 1. The third-order valence-corrected chi connectivity index (χ3v) is 6.03. The van der Waals surface area contributed by atoms with Gasteiger partial charge in [-0.25, -0.2) is 4.79 Å². The predicted octanol–water partition coefficient (Wildman–Crippen LogP) is 6.11. The molecule has 2 aliphatic rings. The first-order valence-corrected chi connectivity index (χ1v) is 10.4. The van der Waals surface area contributed by atoms with Crippen molar-refractivity contribution in [3.8, 4) is 0 Å². The van der Waals surface area contributed by atoms with E-state index in [1.165, 1.54) is 0 Å². The summed E-state index contributed by atoms with van der Waals surface area (Å²) in [6, 6.07) is 15.7. The smallest absolute Gasteiger partial charge is 0.415 e. The molecule has 0 unspecified atom stereocenters. The number of benzene rings is 2. The molecule has 0 spiro atoms. The van der Waals surface area contributed by atoms with Gasteiger partial charge in [0.05, 0.1) is 11.4 Å². The van der Waals surface area contributed by atoms with E-state index in [4.69, 9.17) is 4.74 Å². The molecule has 1 heterocycles. The minimum atomic E-state index is -0.750. The third kappa shape index (κ3) is 3.15. The molecule has 29 heavy (non-hydrogen) atoms. The second-order valence-electron chi connectivity index (χ2n) is 8.32. The Balaban J connectivity index is 2.02. The molecular weight excluding hydrogens is 432 g/mol. The van der Waals surface area contributed by atoms with E-state index in [2.05, 4.69) is 21.1 Å². The molecule has 0 radical (unpaired) electrons. The van der Waals surface area contributed by atoms with Crippen LogP contribution in [0.1, 0.15) is 44.7 Å². The van der Waals surface area contributed by atoms with Crippen molar-refractivity contribution in [1.82, 2.24) is 0 Å². The van der Waals surface area contributed by atoms with Crippen molar-refractivity contribution in [2.24, 2.45) is 5.16 Å². The van der Waals surface area contributed by atoms with Crippen LogP contribution in [0.2, 0.25) is 0 Å². The molecule has 5 nitrogen and oxygen atoms in total. The van der Waals surface area contributed by atoms with Crippen molar-refractivity contribution in [1.29, 1.82) is 0 Å². The van der Waals surface area contributed by atoms with Gasteiger partial charge < -0.3 is 9.94 Å². The topological polar surface area (TPSA) is 62.1 Å². The Morgan fingerprint density at radius 1 is 1.17 bits per heavy atom. The van der Waals surface area contributed by atoms with Crippen LogP contribution < -0.4 is 4.90 Å². The molecule has 2 aromatic rings. The van der Waals surface area contributed by atoms with Gasteiger partial charge in [0.25, 0.3) is 0 Å². The number of fused-ring (bicyclic) bond motifs is 3. The van der Waals surface area contributed by atoms with Crippen molar-refractivity contribution in [2.45, 2.75) is 44.8 Å². The standard InChI is InChI=1S/C23H23BrN2O3/c1-22(2,3)29-21(27)26-20-11-7-4-8-16(20)18-14-15(25-28)12-13-23(18,26)17-9-5-6-10-19(17)24/h4-11,14,28H,12-13H2,1-3H3/b25-15-/t23-/m0/s1. The molecule has 4 rings (SSSR count). The number of anilines is 1. The van der Waals surface area contributed by atoms with Crippen molar-refractivity contribution in [3.63, 3.8) is 0 Å². The number of carbonyl (C=O) groups is 1. The normalized spacial score (nSPS) is 22.1. The SMILES string of the molecule is CC(C)(C)OC(=O)N1c2ccccc2C2=C/C(=N\O)CC[C@]21c1ccccc1Br. The van der Waals surface area contributed by atoms with Crippen LogP contribution in [0.15, 0.2) is 64.2 Å². The predicted molar refractivity (Wildman–Crippen MR) is 117 cm³/mol. The van der Waals surface area contributed by atoms with E-state index in [0.717, 1.165) is 26.9 Å². The highest BCUT2D eigenvalue weighted by Crippen LogP contribution is 2.58. The number of halogens is 1. The molecule has 1 aliphatic heterocycles. The minimum Gasteiger partial charge on any atom is -0.443 e. The van der Waals surface area contributed by atoms with E-state index in [1.807, 2.05) is 75.4 Å². The Hall–Kier alpha value is -2.60. The zero-order valence-electron chi connectivity index (χ0n) is 16.6. The number of hydrogen-bond acceptors (Lipinski definition) is 4. The number of para-hydroxylation sites is 1. The Bertz CT molecular complexity index is 1040. The third-order valence-electron chi connectivity index (χ3n) is 5.34. The van der Waals surface area contributed by atoms with Crippen LogP contribution in [0.5, 0.6) is 0 Å². The fourth-order valence-corrected chi connectivity index (χ4v) is 4.89. The van der Waals surface area contributed by atoms with E-state index in [9.17, 15) is 10.0 Å². The van der Waals surface area contributed by atoms with Gasteiger partial charge in [0.1, 0.15) is 11.1 Å². The van der Waals surface area contributed by atoms with Crippen LogP contribution in [0.25, 0.3) is 5.57 Å². The lowest BCUT2D eigenvalue weighted by molar-refractivity contribution is 0.0550. The van der Waals surface area contributed by atoms with E-state index in [0.29, 0.717) is 18.6 Å². The highest BCUT2D eigenvalue weighted by Gasteiger charge is 2.54. The first-order valence-electron chi connectivity index (χ1n) is 9.58. The maximum absolute atomic E-state index is 13.5. The van der Waals surface area contributed by atoms with Gasteiger partial charge in [0.15, 0.2) is 0 Å². The van der Waals surface area contributed by atoms with Gasteiger partial charge in [-0.05, 0) is 63.0 Å². The fourth-order valence-electron chi connectivity index (χ4n) is 4.27. The summed E-state index contributed by atoms with van der Waals surface area (Å²) in [5.41, 5.74) is 2.87. The highest BCUT2D eigenvalue weighted by atomic mass is 79.9. The van der Waals surface area contributed by atoms with Gasteiger partial charge in [-0.3, -0.25) is 4.90 Å². The van der Waals surface area contributed by atoms with Gasteiger partial charge in [-0.1, -0.05) is 57.5 Å². The lowest BCUT2D eigenvalue weighted by atomic mass is 9.74. The first kappa shape index (κ1) is 19.7. The number of amides is 1. The number of ether oxygens (including phenoxy) is 1. The van der Waals surface area contributed by atoms with Crippen LogP contribution in [0, 0.1) is 0 Å². The molecule has 1 amide bonds. The molecular formula is C23H23BrN2O3. The number of rotatable bonds is 1. The second-order valence-corrected chi connectivity index (χ2v) is 9.18. The Kier molecular flexibility index (Phi) is 4.77. The molecule has 0 saturated heterocycles. The quantitative estimate of drug-likeness (QED) is 0.417. The number of nitrogens with zero attached hydrogens (tertiary/aromatic N) is 2. The average molecular weight is 455 g/mol. The molecule has 0 aromatic heterocycles. The number of allylic oxidation sites excluding steroid dienone is 1. The van der Waals surface area contributed by atoms with E-state index < -0.39 is 17.2 Å². The fraction of sp³-hybridized carbons (Fsp3) is 0.304. The average Bonchev–Trinajstić information content (AvgIpc) is 2.97. The molecule has 6 heteroatoms. The summed E-state index contributed by atoms with van der Waals surface area (Å²) in [5.74, 6) is 0. The van der Waals surface area contributed by atoms with Gasteiger partial charge >= 0.3 is 6.09 Å². The molecule has 0 fully saturated rings. The monoisotopic (exact) mass is 454 g/mol. The van der Waals surface area contributed by atoms with Crippen molar-refractivity contribution in [3.05, 3.63) is 70.2 Å². The van der Waals surface area contributed by atoms with Gasteiger partial charge in [-0.2, -0.15) is 0 Å². The zero-order valence-corrected chi connectivity index (χ0v) is 18.2. The molecule has 1 aliphatic carbocycles. The molecule has 0 bridgehead atoms. The van der Waals surface area contributed by atoms with Crippen LogP contribution >= 0.6 is 15.9 Å². The summed E-state index contributed by atoms with van der Waals surface area (Å²) in [5, 5.41) is 12.9. The highest BCUT2D eigenvalue weighted by molar-refractivity contribution is 9.10. The second kappa shape index (κ2) is 7.02. The number of carbonyl (C=O) groups excluding carboxylic acids is 1. The van der Waals surface area contributed by atoms with Gasteiger partial charge in [0, 0.05) is 10.0 Å². The molecule has 1 N–H and O–H groups in total. The largest absolute Gasteiger partial charge is 0.443 e. The minimum absolute atomic E-state index is 0.395. The summed E-state index contributed by atoms with van der Waals surface area (Å²) in [6.07, 6.45) is 2.61. The van der Waals surface area contributed by atoms with Crippen molar-refractivity contribution < 1.29 is 14.7 Å². The lowest BCUT2D eigenvalue weighted by Crippen LogP contribution is -2.50. The Labute approximate surface area is 178 Å². The number of oxime groups is 1. The van der Waals surface area contributed by atoms with Crippen LogP contribution in [0.4, 0.5) is 10.5 Å². The summed E-state index contributed by atoms with van der Waals surface area (Å²) in [6.45, 7) is 5.60. The molecule has 150 valence electrons. The first-order chi connectivity index (χ1) is 13.8. The Morgan fingerprint density at radius 3 is 2.55 bits per heavy atom. The van der Waals surface area contributed by atoms with Crippen molar-refractivity contribution >= 4 is 39.0 Å². The molecule has 0 saturated carbocycles. The van der Waals surface area contributed by atoms with Crippen molar-refractivity contribution in [2.75, 3.05) is 4.90 Å². The summed E-state index contributed by atoms with van der Waals surface area (Å²) < 4.78 is 6.75. The van der Waals surface area contributed by atoms with Gasteiger partial charge in [-0.15, -0.1) is 0 Å². The van der Waals surface area contributed by atoms with Crippen LogP contribution in [-0.2, 0) is 10.3 Å². The molecule has 2 aromatic carbocycles. The molecule has 1 atom stereocenters. The lowest BCUT2D eigenvalue weighted by Gasteiger charge is -2.42. The van der Waals surface area contributed by atoms with E-state index in [-0.39, 0.29) is 0 Å². The van der Waals surface area contributed by atoms with Crippen LogP contribution in [-0.4, -0.2) is 22.6 Å². The summed E-state index contributed by atoms with van der Waals surface area (Å²) >= 11 is 3.69. The summed E-state index contributed by atoms with van der Waals surface area (Å²) in [4.78, 5) is 15.3. The van der Waals surface area contributed by atoms with E-state index in [1.54, 1.807) is 4.90 Å². The summed E-state index contributed by atoms with van der Waals surface area (Å²) in [7, 11) is 0. The zero-order chi connectivity index (χ0) is 20.8. The van der Waals surface area contributed by atoms with Crippen LogP contribution in [0.3, 0.4) is 0 Å².